The van der Waals surface area contributed by atoms with Gasteiger partial charge < -0.3 is 14.1 Å². The molecular weight excluding hydrogens is 304 g/mol. The lowest BCUT2D eigenvalue weighted by Gasteiger charge is -2.35. The molecule has 2 heterocycles. The Hall–Kier alpha value is -1.88. The van der Waals surface area contributed by atoms with Crippen LogP contribution in [0.15, 0.2) is 22.6 Å². The highest BCUT2D eigenvalue weighted by atomic mass is 16.5. The molecule has 0 bridgehead atoms. The van der Waals surface area contributed by atoms with Crippen LogP contribution in [0.4, 0.5) is 0 Å². The average Bonchev–Trinajstić information content (AvgIpc) is 3.02. The second kappa shape index (κ2) is 7.79. The monoisotopic (exact) mass is 330 g/mol. The summed E-state index contributed by atoms with van der Waals surface area (Å²) in [5, 5.41) is 0. The number of nitrogens with zero attached hydrogens (tertiary/aromatic N) is 2. The van der Waals surface area contributed by atoms with Gasteiger partial charge in [0.05, 0.1) is 12.6 Å². The van der Waals surface area contributed by atoms with E-state index in [9.17, 15) is 4.79 Å². The number of aromatic nitrogens is 1. The smallest absolute Gasteiger partial charge is 0.254 e. The van der Waals surface area contributed by atoms with Crippen molar-refractivity contribution >= 4 is 17.0 Å². The van der Waals surface area contributed by atoms with Gasteiger partial charge in [-0.15, -0.1) is 0 Å². The van der Waals surface area contributed by atoms with E-state index in [0.29, 0.717) is 12.2 Å². The van der Waals surface area contributed by atoms with Crippen LogP contribution in [-0.4, -0.2) is 42.1 Å². The number of rotatable bonds is 6. The normalized spacial score (nSPS) is 18.2. The van der Waals surface area contributed by atoms with Gasteiger partial charge >= 0.3 is 0 Å². The van der Waals surface area contributed by atoms with Gasteiger partial charge in [-0.05, 0) is 43.9 Å². The second-order valence-electron chi connectivity index (χ2n) is 6.50. The molecule has 1 fully saturated rings. The van der Waals surface area contributed by atoms with Crippen molar-refractivity contribution in [2.45, 2.75) is 51.5 Å². The molecule has 24 heavy (non-hydrogen) atoms. The van der Waals surface area contributed by atoms with Gasteiger partial charge in [-0.1, -0.05) is 13.3 Å². The Morgan fingerprint density at radius 2 is 2.29 bits per heavy atom. The number of hydrogen-bond acceptors (Lipinski definition) is 4. The topological polar surface area (TPSA) is 55.6 Å². The van der Waals surface area contributed by atoms with Crippen LogP contribution in [0.5, 0.6) is 0 Å². The molecule has 0 aliphatic carbocycles. The number of aryl methyl sites for hydroxylation is 1. The molecule has 0 unspecified atom stereocenters. The zero-order valence-electron chi connectivity index (χ0n) is 14.6. The number of oxazole rings is 1. The zero-order chi connectivity index (χ0) is 16.9. The molecule has 0 spiro atoms. The highest BCUT2D eigenvalue weighted by Crippen LogP contribution is 2.23. The number of methoxy groups -OCH3 is 1. The van der Waals surface area contributed by atoms with E-state index in [1.807, 2.05) is 23.1 Å². The van der Waals surface area contributed by atoms with Crippen LogP contribution in [0.25, 0.3) is 11.1 Å². The van der Waals surface area contributed by atoms with Crippen LogP contribution in [0, 0.1) is 0 Å². The lowest BCUT2D eigenvalue weighted by Crippen LogP contribution is -2.46. The first-order valence-electron chi connectivity index (χ1n) is 8.92. The van der Waals surface area contributed by atoms with Crippen LogP contribution in [0.2, 0.25) is 0 Å². The van der Waals surface area contributed by atoms with E-state index in [2.05, 4.69) is 11.9 Å². The maximum absolute atomic E-state index is 12.9. The number of carbonyl (C=O) groups is 1. The third kappa shape index (κ3) is 3.61. The molecule has 1 aliphatic heterocycles. The van der Waals surface area contributed by atoms with Crippen molar-refractivity contribution in [1.82, 2.24) is 9.88 Å². The molecule has 1 atom stereocenters. The van der Waals surface area contributed by atoms with E-state index < -0.39 is 0 Å². The summed E-state index contributed by atoms with van der Waals surface area (Å²) < 4.78 is 11.0. The fraction of sp³-hybridized carbons (Fsp3) is 0.579. The Morgan fingerprint density at radius 1 is 1.42 bits per heavy atom. The standard InChI is InChI=1S/C19H26N2O3/c1-3-4-8-18-20-16-12-14(9-10-17(16)24-18)19(22)21-11-6-5-7-15(21)13-23-2/h9-10,12,15H,3-8,11,13H2,1-2H3/t15-/m1/s1. The van der Waals surface area contributed by atoms with Gasteiger partial charge in [0.15, 0.2) is 11.5 Å². The quantitative estimate of drug-likeness (QED) is 0.808. The van der Waals surface area contributed by atoms with Gasteiger partial charge in [0.2, 0.25) is 0 Å². The number of benzene rings is 1. The summed E-state index contributed by atoms with van der Waals surface area (Å²) in [7, 11) is 1.69. The van der Waals surface area contributed by atoms with Gasteiger partial charge in [0.25, 0.3) is 5.91 Å². The minimum atomic E-state index is 0.0664. The fourth-order valence-electron chi connectivity index (χ4n) is 3.34. The highest BCUT2D eigenvalue weighted by molar-refractivity contribution is 5.97. The van der Waals surface area contributed by atoms with Crippen LogP contribution in [-0.2, 0) is 11.2 Å². The van der Waals surface area contributed by atoms with Crippen LogP contribution < -0.4 is 0 Å². The molecule has 5 heteroatoms. The predicted molar refractivity (Wildman–Crippen MR) is 93.2 cm³/mol. The van der Waals surface area contributed by atoms with Crippen LogP contribution >= 0.6 is 0 Å². The van der Waals surface area contributed by atoms with E-state index in [-0.39, 0.29) is 11.9 Å². The first-order valence-corrected chi connectivity index (χ1v) is 8.92. The van der Waals surface area contributed by atoms with E-state index in [4.69, 9.17) is 9.15 Å². The number of hydrogen-bond donors (Lipinski definition) is 0. The summed E-state index contributed by atoms with van der Waals surface area (Å²) in [4.78, 5) is 19.4. The third-order valence-corrected chi connectivity index (χ3v) is 4.67. The molecule has 1 saturated heterocycles. The van der Waals surface area contributed by atoms with Crippen molar-refractivity contribution in [1.29, 1.82) is 0 Å². The molecule has 1 aliphatic rings. The number of unbranched alkanes of at least 4 members (excludes halogenated alkanes) is 1. The molecule has 3 rings (SSSR count). The Bertz CT molecular complexity index is 693. The van der Waals surface area contributed by atoms with Crippen molar-refractivity contribution in [3.63, 3.8) is 0 Å². The summed E-state index contributed by atoms with van der Waals surface area (Å²) in [5.74, 6) is 0.823. The van der Waals surface area contributed by atoms with E-state index in [0.717, 1.165) is 62.1 Å². The number of piperidine rings is 1. The predicted octanol–water partition coefficient (Wildman–Crippen LogP) is 3.81. The molecule has 1 aromatic carbocycles. The van der Waals surface area contributed by atoms with Gasteiger partial charge in [-0.2, -0.15) is 0 Å². The van der Waals surface area contributed by atoms with Crippen molar-refractivity contribution in [3.05, 3.63) is 29.7 Å². The summed E-state index contributed by atoms with van der Waals surface area (Å²) in [6, 6.07) is 5.73. The van der Waals surface area contributed by atoms with Crippen molar-refractivity contribution in [3.8, 4) is 0 Å². The minimum absolute atomic E-state index is 0.0664. The highest BCUT2D eigenvalue weighted by Gasteiger charge is 2.27. The van der Waals surface area contributed by atoms with Gasteiger partial charge in [0.1, 0.15) is 5.52 Å². The van der Waals surface area contributed by atoms with Gasteiger partial charge in [-0.25, -0.2) is 4.98 Å². The maximum atomic E-state index is 12.9. The number of amides is 1. The van der Waals surface area contributed by atoms with Gasteiger partial charge in [-0.3, -0.25) is 4.79 Å². The molecule has 2 aromatic rings. The SMILES string of the molecule is CCCCc1nc2cc(C(=O)N3CCCC[C@@H]3COC)ccc2o1. The molecule has 0 N–H and O–H groups in total. The number of carbonyl (C=O) groups excluding carboxylic acids is 1. The lowest BCUT2D eigenvalue weighted by molar-refractivity contribution is 0.0428. The lowest BCUT2D eigenvalue weighted by atomic mass is 10.0. The fourth-order valence-corrected chi connectivity index (χ4v) is 3.34. The van der Waals surface area contributed by atoms with E-state index in [1.165, 1.54) is 0 Å². The zero-order valence-corrected chi connectivity index (χ0v) is 14.6. The molecule has 0 saturated carbocycles. The van der Waals surface area contributed by atoms with Crippen LogP contribution in [0.3, 0.4) is 0 Å². The van der Waals surface area contributed by atoms with Crippen molar-refractivity contribution in [2.24, 2.45) is 0 Å². The van der Waals surface area contributed by atoms with E-state index in [1.54, 1.807) is 7.11 Å². The van der Waals surface area contributed by atoms with E-state index >= 15 is 0 Å². The minimum Gasteiger partial charge on any atom is -0.441 e. The molecular formula is C19H26N2O3. The molecule has 5 nitrogen and oxygen atoms in total. The summed E-state index contributed by atoms with van der Waals surface area (Å²) >= 11 is 0. The number of ether oxygens (including phenoxy) is 1. The molecule has 1 amide bonds. The second-order valence-corrected chi connectivity index (χ2v) is 6.50. The Kier molecular flexibility index (Phi) is 5.51. The third-order valence-electron chi connectivity index (χ3n) is 4.67. The Balaban J connectivity index is 1.80. The van der Waals surface area contributed by atoms with Crippen LogP contribution in [0.1, 0.15) is 55.3 Å². The Labute approximate surface area is 143 Å². The largest absolute Gasteiger partial charge is 0.441 e. The van der Waals surface area contributed by atoms with Gasteiger partial charge in [0, 0.05) is 25.6 Å². The van der Waals surface area contributed by atoms with Crippen molar-refractivity contribution in [2.75, 3.05) is 20.3 Å². The van der Waals surface area contributed by atoms with Crippen molar-refractivity contribution < 1.29 is 13.9 Å². The molecule has 1 aromatic heterocycles. The summed E-state index contributed by atoms with van der Waals surface area (Å²) in [6.07, 6.45) is 6.23. The average molecular weight is 330 g/mol. The summed E-state index contributed by atoms with van der Waals surface area (Å²) in [6.45, 7) is 3.54. The number of likely N-dealkylation sites (tertiary alicyclic amines) is 1. The Morgan fingerprint density at radius 3 is 3.08 bits per heavy atom. The molecule has 130 valence electrons. The molecule has 0 radical (unpaired) electrons. The summed E-state index contributed by atoms with van der Waals surface area (Å²) in [5.41, 5.74) is 2.21. The first-order chi connectivity index (χ1) is 11.7. The number of fused-ring (bicyclic) bond motifs is 1. The maximum Gasteiger partial charge on any atom is 0.254 e. The first kappa shape index (κ1) is 17.0.